The van der Waals surface area contributed by atoms with E-state index in [1.54, 1.807) is 11.1 Å². The second-order valence-corrected chi connectivity index (χ2v) is 7.31. The molecular weight excluding hydrogens is 374 g/mol. The van der Waals surface area contributed by atoms with Crippen molar-refractivity contribution in [1.29, 1.82) is 0 Å². The van der Waals surface area contributed by atoms with Gasteiger partial charge in [0.2, 0.25) is 0 Å². The maximum atomic E-state index is 14.7. The van der Waals surface area contributed by atoms with E-state index in [1.807, 2.05) is 5.01 Å². The quantitative estimate of drug-likeness (QED) is 0.722. The highest BCUT2D eigenvalue weighted by Crippen LogP contribution is 2.31. The molecule has 3 heterocycles. The Kier molecular flexibility index (Phi) is 3.70. The molecule has 0 aliphatic carbocycles. The van der Waals surface area contributed by atoms with Crippen molar-refractivity contribution in [3.8, 4) is 11.4 Å². The first kappa shape index (κ1) is 16.6. The summed E-state index contributed by atoms with van der Waals surface area (Å²) in [5.41, 5.74) is 1.38. The average Bonchev–Trinajstić information content (AvgIpc) is 3.35. The van der Waals surface area contributed by atoms with Crippen LogP contribution in [0.5, 0.6) is 0 Å². The van der Waals surface area contributed by atoms with Crippen LogP contribution >= 0.6 is 11.6 Å². The first-order valence-corrected chi connectivity index (χ1v) is 9.12. The van der Waals surface area contributed by atoms with Crippen molar-refractivity contribution >= 4 is 28.5 Å². The normalized spacial score (nSPS) is 21.4. The molecule has 0 saturated carbocycles. The number of hydrazine groups is 1. The SMILES string of the molecule is O=C(c1ccc(-c2nc3cc(Cl)c(F)cc3[nH]2)c(F)c1)N1C2CCN1CC2. The van der Waals surface area contributed by atoms with E-state index in [4.69, 9.17) is 11.6 Å². The molecule has 2 aromatic carbocycles. The summed E-state index contributed by atoms with van der Waals surface area (Å²) in [6.07, 6.45) is 1.93. The lowest BCUT2D eigenvalue weighted by Crippen LogP contribution is -2.38. The summed E-state index contributed by atoms with van der Waals surface area (Å²) >= 11 is 5.77. The standard InChI is InChI=1S/C19H15ClF2N4O/c20-13-8-16-17(9-15(13)22)24-18(23-16)12-2-1-10(7-14(12)21)19(27)26-11-3-5-25(26)6-4-11/h1-2,7-9,11H,3-6H2,(H,23,24). The molecule has 2 bridgehead atoms. The van der Waals surface area contributed by atoms with E-state index < -0.39 is 11.6 Å². The number of carbonyl (C=O) groups excluding carboxylic acids is 1. The number of benzene rings is 2. The summed E-state index contributed by atoms with van der Waals surface area (Å²) in [6, 6.07) is 7.18. The van der Waals surface area contributed by atoms with Crippen LogP contribution < -0.4 is 0 Å². The molecule has 2 saturated heterocycles. The van der Waals surface area contributed by atoms with Crippen LogP contribution in [0.4, 0.5) is 8.78 Å². The number of hydrogen-bond acceptors (Lipinski definition) is 3. The number of halogens is 3. The van der Waals surface area contributed by atoms with Gasteiger partial charge in [0.25, 0.3) is 5.91 Å². The zero-order valence-electron chi connectivity index (χ0n) is 14.2. The molecule has 0 spiro atoms. The Balaban J connectivity index is 1.49. The van der Waals surface area contributed by atoms with Crippen molar-refractivity contribution in [2.45, 2.75) is 18.9 Å². The van der Waals surface area contributed by atoms with Gasteiger partial charge in [0.05, 0.1) is 27.7 Å². The molecule has 0 atom stereocenters. The molecule has 2 fully saturated rings. The van der Waals surface area contributed by atoms with Crippen molar-refractivity contribution in [2.75, 3.05) is 13.1 Å². The molecule has 1 aromatic heterocycles. The molecule has 2 aliphatic rings. The lowest BCUT2D eigenvalue weighted by Gasteiger charge is -2.23. The lowest BCUT2D eigenvalue weighted by atomic mass is 10.1. The van der Waals surface area contributed by atoms with Crippen LogP contribution in [0.15, 0.2) is 30.3 Å². The zero-order valence-corrected chi connectivity index (χ0v) is 14.9. The first-order chi connectivity index (χ1) is 13.0. The zero-order chi connectivity index (χ0) is 18.7. The third-order valence-corrected chi connectivity index (χ3v) is 5.58. The number of aromatic nitrogens is 2. The number of imidazole rings is 1. The largest absolute Gasteiger partial charge is 0.338 e. The number of piperidine rings is 1. The van der Waals surface area contributed by atoms with Crippen molar-refractivity contribution in [3.63, 3.8) is 0 Å². The Morgan fingerprint density at radius 3 is 2.59 bits per heavy atom. The number of nitrogens with one attached hydrogen (secondary N) is 1. The van der Waals surface area contributed by atoms with Crippen LogP contribution in [-0.2, 0) is 0 Å². The van der Waals surface area contributed by atoms with E-state index >= 15 is 0 Å². The minimum absolute atomic E-state index is 0.0443. The molecule has 5 rings (SSSR count). The van der Waals surface area contributed by atoms with Crippen LogP contribution in [0.1, 0.15) is 23.2 Å². The van der Waals surface area contributed by atoms with Crippen LogP contribution in [-0.4, -0.2) is 45.0 Å². The van der Waals surface area contributed by atoms with E-state index in [1.165, 1.54) is 24.3 Å². The molecule has 1 amide bonds. The summed E-state index contributed by atoms with van der Waals surface area (Å²) in [7, 11) is 0. The van der Waals surface area contributed by atoms with Gasteiger partial charge < -0.3 is 4.98 Å². The number of fused-ring (bicyclic) bond motifs is 3. The van der Waals surface area contributed by atoms with Crippen LogP contribution in [0, 0.1) is 11.6 Å². The van der Waals surface area contributed by atoms with Gasteiger partial charge in [0.15, 0.2) is 0 Å². The van der Waals surface area contributed by atoms with Crippen molar-refractivity contribution in [3.05, 3.63) is 52.6 Å². The van der Waals surface area contributed by atoms with Crippen molar-refractivity contribution in [1.82, 2.24) is 20.0 Å². The maximum Gasteiger partial charge on any atom is 0.268 e. The third kappa shape index (κ3) is 2.61. The molecule has 8 heteroatoms. The molecule has 1 N–H and O–H groups in total. The first-order valence-electron chi connectivity index (χ1n) is 8.74. The summed E-state index contributed by atoms with van der Waals surface area (Å²) in [5.74, 6) is -1.06. The van der Waals surface area contributed by atoms with Crippen LogP contribution in [0.3, 0.4) is 0 Å². The Morgan fingerprint density at radius 1 is 1.15 bits per heavy atom. The Hall–Kier alpha value is -2.51. The molecule has 27 heavy (non-hydrogen) atoms. The van der Waals surface area contributed by atoms with Gasteiger partial charge in [-0.25, -0.2) is 18.8 Å². The number of H-pyrrole nitrogens is 1. The molecule has 138 valence electrons. The van der Waals surface area contributed by atoms with Gasteiger partial charge in [-0.1, -0.05) is 11.6 Å². The Bertz CT molecular complexity index is 1020. The van der Waals surface area contributed by atoms with E-state index in [0.717, 1.165) is 25.9 Å². The Labute approximate surface area is 158 Å². The summed E-state index contributed by atoms with van der Waals surface area (Å²) in [4.78, 5) is 19.9. The van der Waals surface area contributed by atoms with Gasteiger partial charge >= 0.3 is 0 Å². The topological polar surface area (TPSA) is 52.2 Å². The smallest absolute Gasteiger partial charge is 0.268 e. The van der Waals surface area contributed by atoms with Crippen LogP contribution in [0.2, 0.25) is 5.02 Å². The Morgan fingerprint density at radius 2 is 1.93 bits per heavy atom. The number of hydrogen-bond donors (Lipinski definition) is 1. The van der Waals surface area contributed by atoms with E-state index in [2.05, 4.69) is 9.97 Å². The predicted octanol–water partition coefficient (Wildman–Crippen LogP) is 4.00. The molecule has 5 nitrogen and oxygen atoms in total. The highest BCUT2D eigenvalue weighted by atomic mass is 35.5. The highest BCUT2D eigenvalue weighted by Gasteiger charge is 2.41. The monoisotopic (exact) mass is 388 g/mol. The molecule has 0 radical (unpaired) electrons. The van der Waals surface area contributed by atoms with Gasteiger partial charge in [0, 0.05) is 24.7 Å². The fourth-order valence-electron chi connectivity index (χ4n) is 3.94. The highest BCUT2D eigenvalue weighted by molar-refractivity contribution is 6.31. The minimum Gasteiger partial charge on any atom is -0.338 e. The molecule has 2 aliphatic heterocycles. The van der Waals surface area contributed by atoms with E-state index in [0.29, 0.717) is 16.6 Å². The number of nitrogens with zero attached hydrogens (tertiary/aromatic N) is 3. The fraction of sp³-hybridized carbons (Fsp3) is 0.263. The van der Waals surface area contributed by atoms with Crippen molar-refractivity contribution in [2.24, 2.45) is 0 Å². The maximum absolute atomic E-state index is 14.7. The van der Waals surface area contributed by atoms with Gasteiger partial charge in [-0.2, -0.15) is 0 Å². The van der Waals surface area contributed by atoms with Gasteiger partial charge in [-0.15, -0.1) is 0 Å². The number of aromatic amines is 1. The fourth-order valence-corrected chi connectivity index (χ4v) is 4.10. The third-order valence-electron chi connectivity index (χ3n) is 5.29. The number of carbonyl (C=O) groups is 1. The second kappa shape index (κ2) is 6.00. The molecule has 3 aromatic rings. The van der Waals surface area contributed by atoms with Gasteiger partial charge in [0.1, 0.15) is 17.5 Å². The van der Waals surface area contributed by atoms with Crippen molar-refractivity contribution < 1.29 is 13.6 Å². The lowest BCUT2D eigenvalue weighted by molar-refractivity contribution is 0.0334. The van der Waals surface area contributed by atoms with E-state index in [9.17, 15) is 13.6 Å². The summed E-state index contributed by atoms with van der Waals surface area (Å²) in [6.45, 7) is 1.74. The molecular formula is C19H15ClF2N4O. The number of rotatable bonds is 2. The number of amides is 1. The summed E-state index contributed by atoms with van der Waals surface area (Å²) in [5, 5.41) is 3.73. The van der Waals surface area contributed by atoms with E-state index in [-0.39, 0.29) is 28.4 Å². The predicted molar refractivity (Wildman–Crippen MR) is 97.2 cm³/mol. The minimum atomic E-state index is -0.573. The average molecular weight is 389 g/mol. The van der Waals surface area contributed by atoms with Gasteiger partial charge in [-0.05, 0) is 37.1 Å². The molecule has 0 unspecified atom stereocenters. The van der Waals surface area contributed by atoms with Crippen LogP contribution in [0.25, 0.3) is 22.4 Å². The second-order valence-electron chi connectivity index (χ2n) is 6.90. The van der Waals surface area contributed by atoms with Gasteiger partial charge in [-0.3, -0.25) is 9.80 Å². The summed E-state index contributed by atoms with van der Waals surface area (Å²) < 4.78 is 28.3.